The number of carbonyl (C=O) groups excluding carboxylic acids is 1. The Kier molecular flexibility index (Phi) is 2.71. The molecule has 3 heteroatoms. The van der Waals surface area contributed by atoms with Crippen molar-refractivity contribution in [3.8, 4) is 0 Å². The third-order valence-electron chi connectivity index (χ3n) is 2.77. The standard InChI is InChI=1S/C12H16N2O/c1-9(15)11-5-6-12(13-7-11)14(2)8-10-3-4-10/h5-7,10H,3-4,8H2,1-2H3. The summed E-state index contributed by atoms with van der Waals surface area (Å²) in [6, 6.07) is 3.76. The molecule has 1 fully saturated rings. The minimum absolute atomic E-state index is 0.0684. The number of hydrogen-bond acceptors (Lipinski definition) is 3. The highest BCUT2D eigenvalue weighted by atomic mass is 16.1. The van der Waals surface area contributed by atoms with Crippen LogP contribution in [0.3, 0.4) is 0 Å². The number of ketones is 1. The molecule has 1 saturated carbocycles. The van der Waals surface area contributed by atoms with E-state index in [2.05, 4.69) is 9.88 Å². The van der Waals surface area contributed by atoms with E-state index < -0.39 is 0 Å². The molecule has 0 unspecified atom stereocenters. The van der Waals surface area contributed by atoms with Crippen LogP contribution in [0.25, 0.3) is 0 Å². The predicted octanol–water partition coefficient (Wildman–Crippen LogP) is 2.13. The average molecular weight is 204 g/mol. The van der Waals surface area contributed by atoms with E-state index in [1.54, 1.807) is 13.1 Å². The fraction of sp³-hybridized carbons (Fsp3) is 0.500. The molecule has 2 rings (SSSR count). The second-order valence-corrected chi connectivity index (χ2v) is 4.29. The smallest absolute Gasteiger partial charge is 0.161 e. The van der Waals surface area contributed by atoms with Gasteiger partial charge < -0.3 is 4.90 Å². The number of pyridine rings is 1. The number of anilines is 1. The Balaban J connectivity index is 2.04. The minimum Gasteiger partial charge on any atom is -0.359 e. The van der Waals surface area contributed by atoms with Crippen LogP contribution in [-0.4, -0.2) is 24.4 Å². The summed E-state index contributed by atoms with van der Waals surface area (Å²) in [6.07, 6.45) is 4.34. The summed E-state index contributed by atoms with van der Waals surface area (Å²) in [5, 5.41) is 0. The van der Waals surface area contributed by atoms with E-state index in [0.29, 0.717) is 5.56 Å². The molecule has 0 bridgehead atoms. The van der Waals surface area contributed by atoms with Gasteiger partial charge in [-0.05, 0) is 37.8 Å². The van der Waals surface area contributed by atoms with Gasteiger partial charge in [0.05, 0.1) is 0 Å². The maximum atomic E-state index is 11.1. The fourth-order valence-corrected chi connectivity index (χ4v) is 1.60. The van der Waals surface area contributed by atoms with E-state index in [-0.39, 0.29) is 5.78 Å². The number of nitrogens with zero attached hydrogens (tertiary/aromatic N) is 2. The first-order chi connectivity index (χ1) is 7.16. The highest BCUT2D eigenvalue weighted by Gasteiger charge is 2.23. The number of hydrogen-bond donors (Lipinski definition) is 0. The Morgan fingerprint density at radius 1 is 1.53 bits per heavy atom. The van der Waals surface area contributed by atoms with Crippen LogP contribution in [0.2, 0.25) is 0 Å². The number of carbonyl (C=O) groups is 1. The van der Waals surface area contributed by atoms with Gasteiger partial charge in [-0.1, -0.05) is 0 Å². The molecule has 0 aliphatic heterocycles. The van der Waals surface area contributed by atoms with Gasteiger partial charge in [-0.15, -0.1) is 0 Å². The first-order valence-corrected chi connectivity index (χ1v) is 5.35. The molecule has 0 spiro atoms. The molecule has 0 radical (unpaired) electrons. The summed E-state index contributed by atoms with van der Waals surface area (Å²) < 4.78 is 0. The molecule has 3 nitrogen and oxygen atoms in total. The molecule has 1 heterocycles. The second-order valence-electron chi connectivity index (χ2n) is 4.29. The summed E-state index contributed by atoms with van der Waals surface area (Å²) in [5.41, 5.74) is 0.679. The minimum atomic E-state index is 0.0684. The summed E-state index contributed by atoms with van der Waals surface area (Å²) in [6.45, 7) is 2.64. The largest absolute Gasteiger partial charge is 0.359 e. The van der Waals surface area contributed by atoms with Gasteiger partial charge in [-0.25, -0.2) is 4.98 Å². The lowest BCUT2D eigenvalue weighted by atomic mass is 10.2. The Bertz CT molecular complexity index is 354. The summed E-state index contributed by atoms with van der Waals surface area (Å²) >= 11 is 0. The summed E-state index contributed by atoms with van der Waals surface area (Å²) in [7, 11) is 2.05. The zero-order valence-corrected chi connectivity index (χ0v) is 9.23. The van der Waals surface area contributed by atoms with Crippen LogP contribution in [0.15, 0.2) is 18.3 Å². The van der Waals surface area contributed by atoms with Crippen molar-refractivity contribution in [3.63, 3.8) is 0 Å². The Morgan fingerprint density at radius 2 is 2.27 bits per heavy atom. The van der Waals surface area contributed by atoms with Gasteiger partial charge in [0, 0.05) is 25.4 Å². The van der Waals surface area contributed by atoms with Crippen LogP contribution in [-0.2, 0) is 0 Å². The van der Waals surface area contributed by atoms with Gasteiger partial charge in [-0.2, -0.15) is 0 Å². The quantitative estimate of drug-likeness (QED) is 0.704. The lowest BCUT2D eigenvalue weighted by Crippen LogP contribution is -2.21. The van der Waals surface area contributed by atoms with Crippen LogP contribution in [0.1, 0.15) is 30.1 Å². The van der Waals surface area contributed by atoms with Crippen molar-refractivity contribution >= 4 is 11.6 Å². The molecule has 1 aliphatic carbocycles. The van der Waals surface area contributed by atoms with Crippen molar-refractivity contribution in [3.05, 3.63) is 23.9 Å². The summed E-state index contributed by atoms with van der Waals surface area (Å²) in [4.78, 5) is 17.5. The van der Waals surface area contributed by atoms with Gasteiger partial charge in [-0.3, -0.25) is 4.79 Å². The van der Waals surface area contributed by atoms with Crippen LogP contribution in [0, 0.1) is 5.92 Å². The Hall–Kier alpha value is -1.38. The molecule has 0 N–H and O–H groups in total. The molecular formula is C12H16N2O. The average Bonchev–Trinajstić information content (AvgIpc) is 3.02. The first-order valence-electron chi connectivity index (χ1n) is 5.35. The molecule has 1 aromatic rings. The van der Waals surface area contributed by atoms with Gasteiger partial charge in [0.15, 0.2) is 5.78 Å². The molecule has 1 aliphatic rings. The van der Waals surface area contributed by atoms with Crippen molar-refractivity contribution in [2.75, 3.05) is 18.5 Å². The number of rotatable bonds is 4. The van der Waals surface area contributed by atoms with Crippen LogP contribution in [0.4, 0.5) is 5.82 Å². The normalized spacial score (nSPS) is 15.1. The molecule has 0 atom stereocenters. The highest BCUT2D eigenvalue weighted by Crippen LogP contribution is 2.30. The van der Waals surface area contributed by atoms with E-state index in [1.807, 2.05) is 19.2 Å². The maximum absolute atomic E-state index is 11.1. The molecule has 1 aromatic heterocycles. The second kappa shape index (κ2) is 4.01. The zero-order valence-electron chi connectivity index (χ0n) is 9.23. The number of Topliss-reactive ketones (excluding diaryl/α,β-unsaturated/α-hetero) is 1. The lowest BCUT2D eigenvalue weighted by molar-refractivity contribution is 0.101. The molecule has 15 heavy (non-hydrogen) atoms. The topological polar surface area (TPSA) is 33.2 Å². The van der Waals surface area contributed by atoms with E-state index >= 15 is 0 Å². The summed E-state index contributed by atoms with van der Waals surface area (Å²) in [5.74, 6) is 1.87. The highest BCUT2D eigenvalue weighted by molar-refractivity contribution is 5.93. The fourth-order valence-electron chi connectivity index (χ4n) is 1.60. The van der Waals surface area contributed by atoms with Crippen LogP contribution in [0.5, 0.6) is 0 Å². The van der Waals surface area contributed by atoms with Crippen LogP contribution < -0.4 is 4.90 Å². The monoisotopic (exact) mass is 204 g/mol. The molecular weight excluding hydrogens is 188 g/mol. The molecule has 80 valence electrons. The third kappa shape index (κ3) is 2.55. The maximum Gasteiger partial charge on any atom is 0.161 e. The number of aromatic nitrogens is 1. The van der Waals surface area contributed by atoms with Crippen LogP contribution >= 0.6 is 0 Å². The van der Waals surface area contributed by atoms with E-state index in [4.69, 9.17) is 0 Å². The van der Waals surface area contributed by atoms with Gasteiger partial charge in [0.2, 0.25) is 0 Å². The Labute approximate surface area is 90.1 Å². The predicted molar refractivity (Wildman–Crippen MR) is 60.2 cm³/mol. The first kappa shape index (κ1) is 10.1. The van der Waals surface area contributed by atoms with Gasteiger partial charge in [0.1, 0.15) is 5.82 Å². The lowest BCUT2D eigenvalue weighted by Gasteiger charge is -2.17. The SMILES string of the molecule is CC(=O)c1ccc(N(C)CC2CC2)nc1. The van der Waals surface area contributed by atoms with Crippen molar-refractivity contribution in [1.29, 1.82) is 0 Å². The Morgan fingerprint density at radius 3 is 2.73 bits per heavy atom. The van der Waals surface area contributed by atoms with E-state index in [0.717, 1.165) is 18.3 Å². The van der Waals surface area contributed by atoms with Crippen molar-refractivity contribution in [2.24, 2.45) is 5.92 Å². The van der Waals surface area contributed by atoms with Crippen molar-refractivity contribution < 1.29 is 4.79 Å². The molecule has 0 amide bonds. The van der Waals surface area contributed by atoms with Crippen molar-refractivity contribution in [2.45, 2.75) is 19.8 Å². The molecule has 0 aromatic carbocycles. The van der Waals surface area contributed by atoms with E-state index in [1.165, 1.54) is 12.8 Å². The van der Waals surface area contributed by atoms with E-state index in [9.17, 15) is 4.79 Å². The van der Waals surface area contributed by atoms with Gasteiger partial charge >= 0.3 is 0 Å². The zero-order chi connectivity index (χ0) is 10.8. The van der Waals surface area contributed by atoms with Crippen molar-refractivity contribution in [1.82, 2.24) is 4.98 Å². The van der Waals surface area contributed by atoms with Gasteiger partial charge in [0.25, 0.3) is 0 Å². The molecule has 0 saturated heterocycles. The third-order valence-corrected chi connectivity index (χ3v) is 2.77.